The molecular formula is C9H6F7NO2. The highest BCUT2D eigenvalue weighted by atomic mass is 19.4. The first-order chi connectivity index (χ1) is 8.58. The molecule has 0 atom stereocenters. The van der Waals surface area contributed by atoms with Gasteiger partial charge in [-0.1, -0.05) is 0 Å². The Hall–Kier alpha value is -1.74. The standard InChI is InChI=1S/C9H6F7NO2/c1-18-5-2-4(3-10)6(8(11,12)13)17-7(5)19-9(14,15)16/h2H,3H2,1H3. The van der Waals surface area contributed by atoms with E-state index in [1.807, 2.05) is 0 Å². The molecule has 0 spiro atoms. The number of pyridine rings is 1. The van der Waals surface area contributed by atoms with Gasteiger partial charge in [0.05, 0.1) is 7.11 Å². The minimum Gasteiger partial charge on any atom is -0.491 e. The van der Waals surface area contributed by atoms with Crippen molar-refractivity contribution in [3.63, 3.8) is 0 Å². The van der Waals surface area contributed by atoms with Crippen LogP contribution in [0.4, 0.5) is 30.7 Å². The number of aromatic nitrogens is 1. The molecule has 1 heterocycles. The molecule has 10 heteroatoms. The summed E-state index contributed by atoms with van der Waals surface area (Å²) in [6, 6.07) is 0.455. The Morgan fingerprint density at radius 1 is 1.16 bits per heavy atom. The molecule has 108 valence electrons. The highest BCUT2D eigenvalue weighted by Gasteiger charge is 2.39. The lowest BCUT2D eigenvalue weighted by Crippen LogP contribution is -2.20. The number of methoxy groups -OCH3 is 1. The maximum Gasteiger partial charge on any atom is 0.574 e. The quantitative estimate of drug-likeness (QED) is 0.800. The van der Waals surface area contributed by atoms with Crippen LogP contribution in [0, 0.1) is 0 Å². The van der Waals surface area contributed by atoms with Crippen molar-refractivity contribution in [1.29, 1.82) is 0 Å². The fourth-order valence-corrected chi connectivity index (χ4v) is 1.19. The maximum absolute atomic E-state index is 12.5. The summed E-state index contributed by atoms with van der Waals surface area (Å²) in [4.78, 5) is 2.64. The van der Waals surface area contributed by atoms with Gasteiger partial charge >= 0.3 is 12.5 Å². The van der Waals surface area contributed by atoms with Crippen molar-refractivity contribution in [3.05, 3.63) is 17.3 Å². The molecule has 19 heavy (non-hydrogen) atoms. The molecule has 3 nitrogen and oxygen atoms in total. The van der Waals surface area contributed by atoms with Gasteiger partial charge in [0.2, 0.25) is 0 Å². The predicted molar refractivity (Wildman–Crippen MR) is 47.3 cm³/mol. The molecule has 0 saturated carbocycles. The molecule has 0 radical (unpaired) electrons. The summed E-state index contributed by atoms with van der Waals surface area (Å²) < 4.78 is 93.5. The Bertz CT molecular complexity index is 455. The van der Waals surface area contributed by atoms with Crippen LogP contribution in [-0.2, 0) is 12.9 Å². The number of alkyl halides is 7. The number of rotatable bonds is 3. The number of hydrogen-bond acceptors (Lipinski definition) is 3. The van der Waals surface area contributed by atoms with Crippen LogP contribution in [0.2, 0.25) is 0 Å². The van der Waals surface area contributed by atoms with Gasteiger partial charge in [0, 0.05) is 5.56 Å². The van der Waals surface area contributed by atoms with Crippen LogP contribution in [0.15, 0.2) is 6.07 Å². The van der Waals surface area contributed by atoms with Gasteiger partial charge in [-0.15, -0.1) is 13.2 Å². The Labute approximate surface area is 101 Å². The Morgan fingerprint density at radius 2 is 1.74 bits per heavy atom. The lowest BCUT2D eigenvalue weighted by Gasteiger charge is -2.16. The molecule has 1 aromatic heterocycles. The van der Waals surface area contributed by atoms with Crippen LogP contribution in [0.5, 0.6) is 11.6 Å². The van der Waals surface area contributed by atoms with Crippen molar-refractivity contribution in [2.45, 2.75) is 19.2 Å². The van der Waals surface area contributed by atoms with Gasteiger partial charge in [0.25, 0.3) is 5.88 Å². The Kier molecular flexibility index (Phi) is 4.11. The molecule has 0 fully saturated rings. The van der Waals surface area contributed by atoms with E-state index < -0.39 is 42.1 Å². The van der Waals surface area contributed by atoms with Gasteiger partial charge in [0.1, 0.15) is 6.67 Å². The second-order valence-electron chi connectivity index (χ2n) is 3.18. The fraction of sp³-hybridized carbons (Fsp3) is 0.444. The summed E-state index contributed by atoms with van der Waals surface area (Å²) >= 11 is 0. The topological polar surface area (TPSA) is 31.4 Å². The van der Waals surface area contributed by atoms with E-state index >= 15 is 0 Å². The van der Waals surface area contributed by atoms with Crippen molar-refractivity contribution in [2.75, 3.05) is 7.11 Å². The second kappa shape index (κ2) is 5.10. The van der Waals surface area contributed by atoms with Crippen molar-refractivity contribution < 1.29 is 40.2 Å². The van der Waals surface area contributed by atoms with Crippen LogP contribution in [0.25, 0.3) is 0 Å². The molecule has 0 saturated heterocycles. The summed E-state index contributed by atoms with van der Waals surface area (Å²) in [7, 11) is 0.884. The fourth-order valence-electron chi connectivity index (χ4n) is 1.19. The molecule has 1 aromatic rings. The summed E-state index contributed by atoms with van der Waals surface area (Å²) in [6.45, 7) is -1.56. The molecular weight excluding hydrogens is 287 g/mol. The van der Waals surface area contributed by atoms with Crippen molar-refractivity contribution in [2.24, 2.45) is 0 Å². The van der Waals surface area contributed by atoms with Gasteiger partial charge in [-0.2, -0.15) is 13.2 Å². The number of halogens is 7. The molecule has 0 aliphatic heterocycles. The SMILES string of the molecule is COc1cc(CF)c(C(F)(F)F)nc1OC(F)(F)F. The molecule has 0 bridgehead atoms. The normalized spacial score (nSPS) is 12.4. The van der Waals surface area contributed by atoms with E-state index in [4.69, 9.17) is 0 Å². The largest absolute Gasteiger partial charge is 0.574 e. The van der Waals surface area contributed by atoms with E-state index in [0.29, 0.717) is 6.07 Å². The van der Waals surface area contributed by atoms with Gasteiger partial charge in [-0.05, 0) is 6.07 Å². The van der Waals surface area contributed by atoms with Gasteiger partial charge in [-0.3, -0.25) is 0 Å². The molecule has 0 aliphatic rings. The van der Waals surface area contributed by atoms with Crippen LogP contribution in [-0.4, -0.2) is 18.5 Å². The summed E-state index contributed by atoms with van der Waals surface area (Å²) in [6.07, 6.45) is -10.4. The van der Waals surface area contributed by atoms with Crippen LogP contribution in [0.1, 0.15) is 11.3 Å². The van der Waals surface area contributed by atoms with Crippen molar-refractivity contribution >= 4 is 0 Å². The van der Waals surface area contributed by atoms with E-state index in [9.17, 15) is 30.7 Å². The lowest BCUT2D eigenvalue weighted by atomic mass is 10.2. The predicted octanol–water partition coefficient (Wildman–Crippen LogP) is 3.48. The molecule has 1 rings (SSSR count). The number of ether oxygens (including phenoxy) is 2. The molecule has 0 N–H and O–H groups in total. The van der Waals surface area contributed by atoms with Gasteiger partial charge in [0.15, 0.2) is 11.4 Å². The summed E-state index contributed by atoms with van der Waals surface area (Å²) in [5, 5.41) is 0. The van der Waals surface area contributed by atoms with Crippen LogP contribution < -0.4 is 9.47 Å². The zero-order chi connectivity index (χ0) is 14.8. The molecule has 0 aliphatic carbocycles. The third kappa shape index (κ3) is 3.86. The smallest absolute Gasteiger partial charge is 0.491 e. The zero-order valence-corrected chi connectivity index (χ0v) is 9.19. The van der Waals surface area contributed by atoms with E-state index in [-0.39, 0.29) is 0 Å². The third-order valence-electron chi connectivity index (χ3n) is 1.88. The minimum absolute atomic E-state index is 0.455. The zero-order valence-electron chi connectivity index (χ0n) is 9.19. The van der Waals surface area contributed by atoms with E-state index in [1.165, 1.54) is 0 Å². The molecule has 0 aromatic carbocycles. The maximum atomic E-state index is 12.5. The summed E-state index contributed by atoms with van der Waals surface area (Å²) in [5.41, 5.74) is -2.74. The van der Waals surface area contributed by atoms with Crippen molar-refractivity contribution in [3.8, 4) is 11.6 Å². The third-order valence-corrected chi connectivity index (χ3v) is 1.88. The average molecular weight is 293 g/mol. The first-order valence-electron chi connectivity index (χ1n) is 4.55. The highest BCUT2D eigenvalue weighted by Crippen LogP contribution is 2.38. The Balaban J connectivity index is 3.38. The Morgan fingerprint density at radius 3 is 2.11 bits per heavy atom. The number of hydrogen-bond donors (Lipinski definition) is 0. The molecule has 0 amide bonds. The second-order valence-corrected chi connectivity index (χ2v) is 3.18. The minimum atomic E-state index is -5.25. The van der Waals surface area contributed by atoms with Crippen molar-refractivity contribution in [1.82, 2.24) is 4.98 Å². The van der Waals surface area contributed by atoms with Crippen LogP contribution >= 0.6 is 0 Å². The monoisotopic (exact) mass is 293 g/mol. The van der Waals surface area contributed by atoms with Gasteiger partial charge < -0.3 is 9.47 Å². The average Bonchev–Trinajstić information content (AvgIpc) is 2.25. The molecule has 0 unspecified atom stereocenters. The van der Waals surface area contributed by atoms with E-state index in [2.05, 4.69) is 14.5 Å². The summed E-state index contributed by atoms with van der Waals surface area (Å²) in [5.74, 6) is -2.18. The number of nitrogens with zero attached hydrogens (tertiary/aromatic N) is 1. The van der Waals surface area contributed by atoms with Crippen LogP contribution in [0.3, 0.4) is 0 Å². The van der Waals surface area contributed by atoms with Gasteiger partial charge in [-0.25, -0.2) is 9.37 Å². The van der Waals surface area contributed by atoms with E-state index in [0.717, 1.165) is 7.11 Å². The lowest BCUT2D eigenvalue weighted by molar-refractivity contribution is -0.277. The first kappa shape index (κ1) is 15.3. The van der Waals surface area contributed by atoms with E-state index in [1.54, 1.807) is 0 Å². The highest BCUT2D eigenvalue weighted by molar-refractivity contribution is 5.40. The first-order valence-corrected chi connectivity index (χ1v) is 4.55.